The number of amides is 2. The van der Waals surface area contributed by atoms with Gasteiger partial charge in [0.15, 0.2) is 0 Å². The number of rotatable bonds is 7. The lowest BCUT2D eigenvalue weighted by Gasteiger charge is -2.19. The van der Waals surface area contributed by atoms with Crippen LogP contribution >= 0.6 is 0 Å². The highest BCUT2D eigenvalue weighted by atomic mass is 16.5. The average molecular weight is 304 g/mol. The number of methoxy groups -OCH3 is 1. The van der Waals surface area contributed by atoms with Crippen LogP contribution in [0.3, 0.4) is 0 Å². The number of hydrogen-bond donors (Lipinski definition) is 1. The summed E-state index contributed by atoms with van der Waals surface area (Å²) in [7, 11) is 1.62. The molecule has 0 spiro atoms. The molecule has 1 fully saturated rings. The Morgan fingerprint density at radius 2 is 2.14 bits per heavy atom. The maximum atomic E-state index is 12.3. The summed E-state index contributed by atoms with van der Waals surface area (Å²) in [5.41, 5.74) is 1.09. The molecule has 0 aliphatic carbocycles. The van der Waals surface area contributed by atoms with Gasteiger partial charge in [-0.25, -0.2) is 0 Å². The van der Waals surface area contributed by atoms with Crippen molar-refractivity contribution in [3.05, 3.63) is 35.9 Å². The number of nitrogens with one attached hydrogen (secondary N) is 1. The van der Waals surface area contributed by atoms with E-state index in [1.54, 1.807) is 12.0 Å². The molecule has 2 atom stereocenters. The Hall–Kier alpha value is -1.88. The molecule has 0 unspecified atom stereocenters. The Labute approximate surface area is 131 Å². The lowest BCUT2D eigenvalue weighted by Crippen LogP contribution is -2.41. The lowest BCUT2D eigenvalue weighted by molar-refractivity contribution is -0.129. The zero-order valence-corrected chi connectivity index (χ0v) is 13.2. The van der Waals surface area contributed by atoms with Crippen molar-refractivity contribution in [2.45, 2.75) is 32.4 Å². The van der Waals surface area contributed by atoms with Crippen molar-refractivity contribution in [3.8, 4) is 0 Å². The van der Waals surface area contributed by atoms with Gasteiger partial charge in [0, 0.05) is 26.6 Å². The number of ether oxygens (including phenoxy) is 1. The first kappa shape index (κ1) is 16.5. The van der Waals surface area contributed by atoms with Crippen LogP contribution < -0.4 is 5.32 Å². The molecule has 22 heavy (non-hydrogen) atoms. The van der Waals surface area contributed by atoms with Gasteiger partial charge in [0.05, 0.1) is 18.6 Å². The van der Waals surface area contributed by atoms with Crippen LogP contribution in [0.4, 0.5) is 0 Å². The Bertz CT molecular complexity index is 504. The highest BCUT2D eigenvalue weighted by Gasteiger charge is 2.34. The van der Waals surface area contributed by atoms with Gasteiger partial charge in [-0.3, -0.25) is 9.59 Å². The SMILES string of the molecule is CC[C@H](COC)NC(=O)[C@H]1CC(=O)N(Cc2ccccc2)C1. The largest absolute Gasteiger partial charge is 0.383 e. The van der Waals surface area contributed by atoms with Crippen LogP contribution in [0.1, 0.15) is 25.3 Å². The summed E-state index contributed by atoms with van der Waals surface area (Å²) in [5.74, 6) is -0.265. The zero-order valence-electron chi connectivity index (χ0n) is 13.2. The Morgan fingerprint density at radius 3 is 2.77 bits per heavy atom. The maximum Gasteiger partial charge on any atom is 0.225 e. The summed E-state index contributed by atoms with van der Waals surface area (Å²) < 4.78 is 5.09. The molecule has 0 aromatic heterocycles. The smallest absolute Gasteiger partial charge is 0.225 e. The van der Waals surface area contributed by atoms with Gasteiger partial charge in [-0.1, -0.05) is 37.3 Å². The van der Waals surface area contributed by atoms with Gasteiger partial charge in [0.25, 0.3) is 0 Å². The van der Waals surface area contributed by atoms with E-state index in [4.69, 9.17) is 4.74 Å². The van der Waals surface area contributed by atoms with Gasteiger partial charge in [0.1, 0.15) is 0 Å². The predicted molar refractivity (Wildman–Crippen MR) is 84.1 cm³/mol. The van der Waals surface area contributed by atoms with E-state index in [-0.39, 0.29) is 23.8 Å². The molecule has 1 aliphatic rings. The van der Waals surface area contributed by atoms with Crippen molar-refractivity contribution in [1.82, 2.24) is 10.2 Å². The summed E-state index contributed by atoms with van der Waals surface area (Å²) in [5, 5.41) is 2.97. The number of hydrogen-bond acceptors (Lipinski definition) is 3. The minimum absolute atomic E-state index is 0.00998. The average Bonchev–Trinajstić information content (AvgIpc) is 2.89. The van der Waals surface area contributed by atoms with Gasteiger partial charge < -0.3 is 15.0 Å². The molecular formula is C17H24N2O3. The van der Waals surface area contributed by atoms with Crippen molar-refractivity contribution in [1.29, 1.82) is 0 Å². The highest BCUT2D eigenvalue weighted by Crippen LogP contribution is 2.20. The first-order valence-corrected chi connectivity index (χ1v) is 7.75. The van der Waals surface area contributed by atoms with Crippen LogP contribution in [-0.4, -0.2) is 43.0 Å². The predicted octanol–water partition coefficient (Wildman–Crippen LogP) is 1.58. The topological polar surface area (TPSA) is 58.6 Å². The zero-order chi connectivity index (χ0) is 15.9. The Balaban J connectivity index is 1.89. The monoisotopic (exact) mass is 304 g/mol. The Morgan fingerprint density at radius 1 is 1.41 bits per heavy atom. The van der Waals surface area contributed by atoms with E-state index in [1.165, 1.54) is 0 Å². The molecule has 1 N–H and O–H groups in total. The van der Waals surface area contributed by atoms with Crippen molar-refractivity contribution < 1.29 is 14.3 Å². The molecule has 1 saturated heterocycles. The summed E-state index contributed by atoms with van der Waals surface area (Å²) >= 11 is 0. The highest BCUT2D eigenvalue weighted by molar-refractivity contribution is 5.89. The molecule has 2 amide bonds. The third-order valence-electron chi connectivity index (χ3n) is 4.01. The number of likely N-dealkylation sites (tertiary alicyclic amines) is 1. The van der Waals surface area contributed by atoms with Crippen molar-refractivity contribution in [2.75, 3.05) is 20.3 Å². The van der Waals surface area contributed by atoms with Crippen molar-refractivity contribution in [3.63, 3.8) is 0 Å². The third kappa shape index (κ3) is 4.31. The second kappa shape index (κ2) is 7.94. The molecule has 1 heterocycles. The van der Waals surface area contributed by atoms with E-state index in [0.29, 0.717) is 26.1 Å². The minimum Gasteiger partial charge on any atom is -0.383 e. The molecule has 0 bridgehead atoms. The second-order valence-electron chi connectivity index (χ2n) is 5.73. The summed E-state index contributed by atoms with van der Waals surface area (Å²) in [6, 6.07) is 9.86. The first-order valence-electron chi connectivity index (χ1n) is 7.75. The third-order valence-corrected chi connectivity index (χ3v) is 4.01. The molecule has 0 radical (unpaired) electrons. The standard InChI is InChI=1S/C17H24N2O3/c1-3-15(12-22-2)18-17(21)14-9-16(20)19(11-14)10-13-7-5-4-6-8-13/h4-8,14-15H,3,9-12H2,1-2H3,(H,18,21)/t14-,15+/m0/s1. The lowest BCUT2D eigenvalue weighted by atomic mass is 10.1. The van der Waals surface area contributed by atoms with Gasteiger partial charge in [-0.2, -0.15) is 0 Å². The van der Waals surface area contributed by atoms with Gasteiger partial charge in [-0.15, -0.1) is 0 Å². The van der Waals surface area contributed by atoms with Crippen LogP contribution in [0, 0.1) is 5.92 Å². The maximum absolute atomic E-state index is 12.3. The van der Waals surface area contributed by atoms with E-state index in [9.17, 15) is 9.59 Å². The minimum atomic E-state index is -0.262. The number of carbonyl (C=O) groups excluding carboxylic acids is 2. The molecule has 1 aromatic rings. The number of nitrogens with zero attached hydrogens (tertiary/aromatic N) is 1. The van der Waals surface area contributed by atoms with Crippen LogP contribution in [0.25, 0.3) is 0 Å². The van der Waals surface area contributed by atoms with E-state index >= 15 is 0 Å². The fourth-order valence-corrected chi connectivity index (χ4v) is 2.69. The number of carbonyl (C=O) groups is 2. The fourth-order valence-electron chi connectivity index (χ4n) is 2.69. The normalized spacial score (nSPS) is 19.3. The molecular weight excluding hydrogens is 280 g/mol. The fraction of sp³-hybridized carbons (Fsp3) is 0.529. The van der Waals surface area contributed by atoms with Crippen LogP contribution in [0.5, 0.6) is 0 Å². The molecule has 0 saturated carbocycles. The summed E-state index contributed by atoms with van der Waals surface area (Å²) in [4.78, 5) is 26.1. The van der Waals surface area contributed by atoms with E-state index < -0.39 is 0 Å². The number of benzene rings is 1. The summed E-state index contributed by atoms with van der Waals surface area (Å²) in [6.45, 7) is 3.56. The molecule has 5 heteroatoms. The van der Waals surface area contributed by atoms with Crippen LogP contribution in [-0.2, 0) is 20.9 Å². The van der Waals surface area contributed by atoms with Gasteiger partial charge in [-0.05, 0) is 12.0 Å². The van der Waals surface area contributed by atoms with Crippen molar-refractivity contribution >= 4 is 11.8 Å². The van der Waals surface area contributed by atoms with Crippen molar-refractivity contribution in [2.24, 2.45) is 5.92 Å². The van der Waals surface area contributed by atoms with E-state index in [0.717, 1.165) is 12.0 Å². The molecule has 1 aromatic carbocycles. The quantitative estimate of drug-likeness (QED) is 0.832. The van der Waals surface area contributed by atoms with E-state index in [1.807, 2.05) is 37.3 Å². The molecule has 1 aliphatic heterocycles. The first-order chi connectivity index (χ1) is 10.6. The molecule has 5 nitrogen and oxygen atoms in total. The van der Waals surface area contributed by atoms with Crippen LogP contribution in [0.15, 0.2) is 30.3 Å². The molecule has 120 valence electrons. The van der Waals surface area contributed by atoms with E-state index in [2.05, 4.69) is 5.32 Å². The molecule has 2 rings (SSSR count). The second-order valence-corrected chi connectivity index (χ2v) is 5.73. The Kier molecular flexibility index (Phi) is 5.95. The van der Waals surface area contributed by atoms with Gasteiger partial charge >= 0.3 is 0 Å². The summed E-state index contributed by atoms with van der Waals surface area (Å²) in [6.07, 6.45) is 1.11. The van der Waals surface area contributed by atoms with Gasteiger partial charge in [0.2, 0.25) is 11.8 Å². The van der Waals surface area contributed by atoms with Crippen LogP contribution in [0.2, 0.25) is 0 Å².